The summed E-state index contributed by atoms with van der Waals surface area (Å²) in [5, 5.41) is 3.25. The zero-order chi connectivity index (χ0) is 40.9. The van der Waals surface area contributed by atoms with E-state index in [4.69, 9.17) is 16.5 Å². The van der Waals surface area contributed by atoms with Crippen LogP contribution in [-0.4, -0.2) is 67.9 Å². The number of rotatable bonds is 13. The third-order valence-electron chi connectivity index (χ3n) is 10.7. The van der Waals surface area contributed by atoms with Gasteiger partial charge in [0.05, 0.1) is 23.5 Å². The Kier molecular flexibility index (Phi) is 21.3. The van der Waals surface area contributed by atoms with Crippen LogP contribution in [0, 0.1) is 6.92 Å². The highest BCUT2D eigenvalue weighted by Gasteiger charge is 2.28. The van der Waals surface area contributed by atoms with Crippen LogP contribution in [-0.2, 0) is 18.3 Å². The van der Waals surface area contributed by atoms with Crippen LogP contribution in [0.3, 0.4) is 0 Å². The molecule has 3 heterocycles. The molecule has 1 unspecified atom stereocenters. The number of carbonyl (C=O) groups is 1. The Morgan fingerprint density at radius 1 is 1.02 bits per heavy atom. The minimum atomic E-state index is -0.0899. The summed E-state index contributed by atoms with van der Waals surface area (Å²) < 4.78 is 1.97. The molecule has 2 fully saturated rings. The van der Waals surface area contributed by atoms with Crippen molar-refractivity contribution in [3.05, 3.63) is 83.5 Å². The molecule has 2 aromatic rings. The summed E-state index contributed by atoms with van der Waals surface area (Å²) in [5.41, 5.74) is 21.8. The molecule has 1 aromatic heterocycles. The van der Waals surface area contributed by atoms with Gasteiger partial charge in [0.1, 0.15) is 5.82 Å². The van der Waals surface area contributed by atoms with Gasteiger partial charge in [0, 0.05) is 74.9 Å². The van der Waals surface area contributed by atoms with E-state index in [0.717, 1.165) is 104 Å². The topological polar surface area (TPSA) is 108 Å². The van der Waals surface area contributed by atoms with Gasteiger partial charge in [0.25, 0.3) is 0 Å². The van der Waals surface area contributed by atoms with E-state index >= 15 is 0 Å². The van der Waals surface area contributed by atoms with Crippen molar-refractivity contribution in [3.63, 3.8) is 0 Å². The van der Waals surface area contributed by atoms with Gasteiger partial charge in [-0.25, -0.2) is 0 Å². The van der Waals surface area contributed by atoms with Crippen molar-refractivity contribution in [1.82, 2.24) is 14.8 Å². The number of amides is 1. The lowest BCUT2D eigenvalue weighted by Gasteiger charge is -2.37. The van der Waals surface area contributed by atoms with Crippen molar-refractivity contribution in [2.24, 2.45) is 17.8 Å². The van der Waals surface area contributed by atoms with Gasteiger partial charge < -0.3 is 36.1 Å². The van der Waals surface area contributed by atoms with E-state index in [-0.39, 0.29) is 6.04 Å². The molecule has 1 atom stereocenters. The van der Waals surface area contributed by atoms with E-state index in [1.807, 2.05) is 63.4 Å². The Bertz CT molecular complexity index is 1570. The van der Waals surface area contributed by atoms with Crippen LogP contribution in [0.5, 0.6) is 0 Å². The molecule has 2 saturated heterocycles. The number of nitrogens with zero attached hydrogens (tertiary/aromatic N) is 5. The number of unbranched alkanes of at least 4 members (excludes halogenated alkanes) is 2. The van der Waals surface area contributed by atoms with Crippen LogP contribution >= 0.6 is 0 Å². The molecule has 1 aromatic carbocycles. The summed E-state index contributed by atoms with van der Waals surface area (Å²) in [6.45, 7) is 23.7. The van der Waals surface area contributed by atoms with Gasteiger partial charge in [-0.3, -0.25) is 9.79 Å². The van der Waals surface area contributed by atoms with E-state index in [1.54, 1.807) is 11.8 Å². The molecule has 0 bridgehead atoms. The van der Waals surface area contributed by atoms with Crippen LogP contribution in [0.25, 0.3) is 5.57 Å². The number of benzene rings is 1. The molecular weight excluding hydrogens is 681 g/mol. The summed E-state index contributed by atoms with van der Waals surface area (Å²) in [6.07, 6.45) is 20.5. The maximum Gasteiger partial charge on any atom is 0.214 e. The average Bonchev–Trinajstić information content (AvgIpc) is 3.45. The highest BCUT2D eigenvalue weighted by atomic mass is 16.1. The van der Waals surface area contributed by atoms with Crippen LogP contribution < -0.4 is 26.6 Å². The normalized spacial score (nSPS) is 17.8. The van der Waals surface area contributed by atoms with Crippen LogP contribution in [0.1, 0.15) is 122 Å². The summed E-state index contributed by atoms with van der Waals surface area (Å²) >= 11 is 0. The van der Waals surface area contributed by atoms with Crippen LogP contribution in [0.15, 0.2) is 71.7 Å². The molecule has 9 nitrogen and oxygen atoms in total. The fourth-order valence-corrected chi connectivity index (χ4v) is 7.46. The number of allylic oxidation sites excluding steroid dienone is 4. The quantitative estimate of drug-likeness (QED) is 0.0814. The van der Waals surface area contributed by atoms with E-state index in [1.165, 1.54) is 44.1 Å². The van der Waals surface area contributed by atoms with Crippen molar-refractivity contribution in [2.75, 3.05) is 49.3 Å². The van der Waals surface area contributed by atoms with Crippen molar-refractivity contribution in [1.29, 1.82) is 0 Å². The standard InChI is InChI=1S/C35H52N8O.C7H12.2C2H6/c1-25-14-15-32(27(3)39-25)43(24-44)33-13-10-12-28(34(33)40(4)5)11-8-7-9-18-42-19-16-30(17-20-42)38-23-29(22-36)31-21-26(2)41(6)35(31)37;1-7-5-3-2-4-6-7;2*1-2/h10,12-13,21-24,30,32,39H,1,3,7-9,11,14-20,36-37H2,2,4-6H3;5H,2-4,6H2,1H3;2*1-2H3/b29-22+,38-23?;;;. The third kappa shape index (κ3) is 14.1. The number of nitrogens with two attached hydrogens (primary N) is 2. The molecule has 5 N–H and O–H groups in total. The highest BCUT2D eigenvalue weighted by Crippen LogP contribution is 2.36. The molecule has 1 aliphatic carbocycles. The highest BCUT2D eigenvalue weighted by molar-refractivity contribution is 6.11. The Morgan fingerprint density at radius 2 is 1.73 bits per heavy atom. The number of hydrogen-bond acceptors (Lipinski definition) is 7. The lowest BCUT2D eigenvalue weighted by atomic mass is 9.98. The van der Waals surface area contributed by atoms with Crippen molar-refractivity contribution < 1.29 is 4.79 Å². The van der Waals surface area contributed by atoms with Gasteiger partial charge in [0.2, 0.25) is 6.41 Å². The number of aryl methyl sites for hydroxylation is 2. The van der Waals surface area contributed by atoms with Crippen molar-refractivity contribution in [3.8, 4) is 0 Å². The number of likely N-dealkylation sites (tertiary alicyclic amines) is 1. The molecule has 0 radical (unpaired) electrons. The second kappa shape index (κ2) is 25.0. The van der Waals surface area contributed by atoms with Crippen LogP contribution in [0.4, 0.5) is 17.2 Å². The fraction of sp³-hybridized carbons (Fsp3) is 0.565. The van der Waals surface area contributed by atoms with E-state index < -0.39 is 0 Å². The molecule has 3 aliphatic rings. The predicted octanol–water partition coefficient (Wildman–Crippen LogP) is 9.53. The molecule has 55 heavy (non-hydrogen) atoms. The minimum absolute atomic E-state index is 0.0899. The lowest BCUT2D eigenvalue weighted by Crippen LogP contribution is -2.43. The third-order valence-corrected chi connectivity index (χ3v) is 10.7. The summed E-state index contributed by atoms with van der Waals surface area (Å²) in [5.74, 6) is 0.712. The number of hydrogen-bond donors (Lipinski definition) is 3. The summed E-state index contributed by atoms with van der Waals surface area (Å²) in [7, 11) is 6.07. The van der Waals surface area contributed by atoms with Crippen LogP contribution in [0.2, 0.25) is 0 Å². The fourth-order valence-electron chi connectivity index (χ4n) is 7.46. The Labute approximate surface area is 335 Å². The SMILES string of the molecule is C=C1CCC(N(C=O)c2cccc(CCCCCN3CCC(N=C/C(=C\N)c4cc(C)n(C)c4N)CC3)c2N(C)C)C(=C)N1.CC.CC.CC1=CCCCC1. The van der Waals surface area contributed by atoms with E-state index in [9.17, 15) is 4.79 Å². The lowest BCUT2D eigenvalue weighted by molar-refractivity contribution is -0.107. The van der Waals surface area contributed by atoms with Crippen molar-refractivity contribution >= 4 is 35.4 Å². The first kappa shape index (κ1) is 46.9. The van der Waals surface area contributed by atoms with Gasteiger partial charge in [-0.15, -0.1) is 0 Å². The first-order chi connectivity index (χ1) is 26.5. The summed E-state index contributed by atoms with van der Waals surface area (Å²) in [4.78, 5) is 23.7. The Balaban J connectivity index is 0.000000832. The maximum atomic E-state index is 12.3. The maximum absolute atomic E-state index is 12.3. The number of piperidine rings is 2. The second-order valence-corrected chi connectivity index (χ2v) is 14.7. The molecule has 9 heteroatoms. The number of aromatic nitrogens is 1. The zero-order valence-corrected chi connectivity index (χ0v) is 36.1. The van der Waals surface area contributed by atoms with E-state index in [0.29, 0.717) is 11.9 Å². The first-order valence-corrected chi connectivity index (χ1v) is 21.0. The minimum Gasteiger partial charge on any atom is -0.404 e. The molecule has 2 aliphatic heterocycles. The number of para-hydroxylation sites is 1. The van der Waals surface area contributed by atoms with Gasteiger partial charge in [-0.2, -0.15) is 0 Å². The molecule has 306 valence electrons. The van der Waals surface area contributed by atoms with Gasteiger partial charge in [-0.05, 0) is 109 Å². The molecule has 0 saturated carbocycles. The molecular formula is C46H76N8O. The molecule has 0 spiro atoms. The molecule has 5 rings (SSSR count). The Morgan fingerprint density at radius 3 is 2.25 bits per heavy atom. The predicted molar refractivity (Wildman–Crippen MR) is 241 cm³/mol. The number of nitrogens with one attached hydrogen (secondary N) is 1. The Hall–Kier alpha value is -4.24. The van der Waals surface area contributed by atoms with Gasteiger partial charge in [0.15, 0.2) is 0 Å². The number of nitrogen functional groups attached to an aromatic ring is 1. The average molecular weight is 757 g/mol. The summed E-state index contributed by atoms with van der Waals surface area (Å²) in [6, 6.07) is 8.60. The second-order valence-electron chi connectivity index (χ2n) is 14.7. The van der Waals surface area contributed by atoms with Gasteiger partial charge in [-0.1, -0.05) is 71.1 Å². The smallest absolute Gasteiger partial charge is 0.214 e. The number of aliphatic imine (C=N–C) groups is 1. The number of anilines is 3. The van der Waals surface area contributed by atoms with Gasteiger partial charge >= 0.3 is 0 Å². The zero-order valence-electron chi connectivity index (χ0n) is 36.1. The largest absolute Gasteiger partial charge is 0.404 e. The monoisotopic (exact) mass is 757 g/mol. The molecule has 1 amide bonds. The van der Waals surface area contributed by atoms with E-state index in [2.05, 4.69) is 73.6 Å². The first-order valence-electron chi connectivity index (χ1n) is 21.0. The number of carbonyl (C=O) groups excluding carboxylic acids is 1. The van der Waals surface area contributed by atoms with Crippen molar-refractivity contribution in [2.45, 2.75) is 131 Å².